The van der Waals surface area contributed by atoms with Gasteiger partial charge >= 0.3 is 0 Å². The molecule has 1 amide bonds. The second kappa shape index (κ2) is 6.80. The first-order valence-electron chi connectivity index (χ1n) is 8.73. The normalized spacial score (nSPS) is 13.9. The third-order valence-electron chi connectivity index (χ3n) is 4.71. The maximum atomic E-state index is 13.6. The van der Waals surface area contributed by atoms with Crippen LogP contribution in [-0.2, 0) is 19.4 Å². The van der Waals surface area contributed by atoms with Gasteiger partial charge < -0.3 is 9.88 Å². The van der Waals surface area contributed by atoms with E-state index in [1.54, 1.807) is 12.1 Å². The summed E-state index contributed by atoms with van der Waals surface area (Å²) in [5.74, 6) is -0.272. The zero-order valence-electron chi connectivity index (χ0n) is 14.7. The van der Waals surface area contributed by atoms with Crippen molar-refractivity contribution in [3.63, 3.8) is 0 Å². The van der Waals surface area contributed by atoms with Crippen molar-refractivity contribution < 1.29 is 9.18 Å². The molecule has 0 unspecified atom stereocenters. The topological polar surface area (TPSA) is 34.0 Å². The van der Waals surface area contributed by atoms with Crippen LogP contribution in [0.1, 0.15) is 59.6 Å². The average molecular weight is 328 g/mol. The highest BCUT2D eigenvalue weighted by atomic mass is 19.1. The number of nitrogens with zero attached hydrogens (tertiary/aromatic N) is 1. The van der Waals surface area contributed by atoms with E-state index < -0.39 is 0 Å². The fourth-order valence-electron chi connectivity index (χ4n) is 3.69. The van der Waals surface area contributed by atoms with Crippen LogP contribution in [0.4, 0.5) is 4.39 Å². The summed E-state index contributed by atoms with van der Waals surface area (Å²) in [5.41, 5.74) is 5.26. The summed E-state index contributed by atoms with van der Waals surface area (Å²) in [7, 11) is 0. The van der Waals surface area contributed by atoms with Crippen molar-refractivity contribution in [2.24, 2.45) is 0 Å². The number of carbonyl (C=O) groups excluding carboxylic acids is 1. The Morgan fingerprint density at radius 3 is 2.75 bits per heavy atom. The van der Waals surface area contributed by atoms with Crippen molar-refractivity contribution in [1.82, 2.24) is 9.88 Å². The molecule has 0 radical (unpaired) electrons. The summed E-state index contributed by atoms with van der Waals surface area (Å²) >= 11 is 0. The molecule has 0 saturated heterocycles. The van der Waals surface area contributed by atoms with Gasteiger partial charge in [0, 0.05) is 18.3 Å². The summed E-state index contributed by atoms with van der Waals surface area (Å²) < 4.78 is 15.7. The van der Waals surface area contributed by atoms with Gasteiger partial charge in [-0.3, -0.25) is 4.79 Å². The molecule has 3 nitrogen and oxygen atoms in total. The van der Waals surface area contributed by atoms with E-state index >= 15 is 0 Å². The van der Waals surface area contributed by atoms with Crippen molar-refractivity contribution in [1.29, 1.82) is 0 Å². The van der Waals surface area contributed by atoms with Gasteiger partial charge in [-0.05, 0) is 75.3 Å². The maximum absolute atomic E-state index is 13.6. The summed E-state index contributed by atoms with van der Waals surface area (Å²) in [6.07, 6.45) is 4.33. The minimum atomic E-state index is -0.238. The number of carbonyl (C=O) groups is 1. The Hall–Kier alpha value is -2.10. The van der Waals surface area contributed by atoms with Gasteiger partial charge in [0.15, 0.2) is 0 Å². The van der Waals surface area contributed by atoms with E-state index in [0.717, 1.165) is 36.1 Å². The Labute approximate surface area is 142 Å². The smallest absolute Gasteiger partial charge is 0.268 e. The van der Waals surface area contributed by atoms with Gasteiger partial charge in [-0.15, -0.1) is 0 Å². The number of nitrogens with one attached hydrogen (secondary N) is 1. The van der Waals surface area contributed by atoms with Crippen LogP contribution in [0, 0.1) is 12.7 Å². The molecule has 1 aromatic heterocycles. The summed E-state index contributed by atoms with van der Waals surface area (Å²) in [6.45, 7) is 6.51. The molecule has 128 valence electrons. The van der Waals surface area contributed by atoms with Crippen molar-refractivity contribution in [3.05, 3.63) is 58.2 Å². The first-order valence-corrected chi connectivity index (χ1v) is 8.73. The number of amides is 1. The van der Waals surface area contributed by atoms with E-state index in [4.69, 9.17) is 0 Å². The Bertz CT molecular complexity index is 761. The molecule has 0 atom stereocenters. The SMILES string of the molecule is Cc1c2c(n(Cc3cccc(F)c3)c1C(=O)NC(C)C)CCCC2. The van der Waals surface area contributed by atoms with Crippen molar-refractivity contribution in [2.45, 2.75) is 59.0 Å². The van der Waals surface area contributed by atoms with E-state index in [-0.39, 0.29) is 17.8 Å². The Morgan fingerprint density at radius 1 is 1.29 bits per heavy atom. The summed E-state index contributed by atoms with van der Waals surface area (Å²) in [4.78, 5) is 12.8. The molecular weight excluding hydrogens is 303 g/mol. The van der Waals surface area contributed by atoms with Crippen molar-refractivity contribution in [2.75, 3.05) is 0 Å². The average Bonchev–Trinajstić information content (AvgIpc) is 2.80. The van der Waals surface area contributed by atoms with E-state index in [1.165, 1.54) is 23.7 Å². The van der Waals surface area contributed by atoms with E-state index in [9.17, 15) is 9.18 Å². The standard InChI is InChI=1S/C20H25FN2O/c1-13(2)22-20(24)19-14(3)17-9-4-5-10-18(17)23(19)12-15-7-6-8-16(21)11-15/h6-8,11,13H,4-5,9-10,12H2,1-3H3,(H,22,24). The van der Waals surface area contributed by atoms with E-state index in [0.29, 0.717) is 6.54 Å². The fraction of sp³-hybridized carbons (Fsp3) is 0.450. The number of hydrogen-bond acceptors (Lipinski definition) is 1. The molecule has 1 aliphatic rings. The molecule has 0 bridgehead atoms. The molecule has 4 heteroatoms. The van der Waals surface area contributed by atoms with Gasteiger partial charge in [0.2, 0.25) is 0 Å². The molecule has 1 N–H and O–H groups in total. The second-order valence-electron chi connectivity index (χ2n) is 6.95. The minimum absolute atomic E-state index is 0.0340. The fourth-order valence-corrected chi connectivity index (χ4v) is 3.69. The molecule has 0 spiro atoms. The van der Waals surface area contributed by atoms with Crippen LogP contribution in [0.2, 0.25) is 0 Å². The van der Waals surface area contributed by atoms with Crippen LogP contribution in [0.5, 0.6) is 0 Å². The number of hydrogen-bond donors (Lipinski definition) is 1. The lowest BCUT2D eigenvalue weighted by Crippen LogP contribution is -2.32. The monoisotopic (exact) mass is 328 g/mol. The third kappa shape index (κ3) is 3.23. The highest BCUT2D eigenvalue weighted by molar-refractivity contribution is 5.95. The third-order valence-corrected chi connectivity index (χ3v) is 4.71. The Kier molecular flexibility index (Phi) is 4.74. The number of fused-ring (bicyclic) bond motifs is 1. The summed E-state index contributed by atoms with van der Waals surface area (Å²) in [6, 6.07) is 6.73. The van der Waals surface area contributed by atoms with Crippen molar-refractivity contribution in [3.8, 4) is 0 Å². The first-order chi connectivity index (χ1) is 11.5. The lowest BCUT2D eigenvalue weighted by atomic mass is 9.95. The number of rotatable bonds is 4. The highest BCUT2D eigenvalue weighted by Gasteiger charge is 2.26. The molecule has 1 aromatic carbocycles. The summed E-state index contributed by atoms with van der Waals surface area (Å²) in [5, 5.41) is 3.01. The van der Waals surface area contributed by atoms with Crippen LogP contribution >= 0.6 is 0 Å². The van der Waals surface area contributed by atoms with Gasteiger partial charge in [0.25, 0.3) is 5.91 Å². The van der Waals surface area contributed by atoms with Gasteiger partial charge in [-0.2, -0.15) is 0 Å². The lowest BCUT2D eigenvalue weighted by Gasteiger charge is -2.17. The van der Waals surface area contributed by atoms with E-state index in [1.807, 2.05) is 26.8 Å². The van der Waals surface area contributed by atoms with Gasteiger partial charge in [-0.25, -0.2) is 4.39 Å². The molecule has 0 saturated carbocycles. The molecule has 3 rings (SSSR count). The van der Waals surface area contributed by atoms with Gasteiger partial charge in [-0.1, -0.05) is 12.1 Å². The predicted molar refractivity (Wildman–Crippen MR) is 93.9 cm³/mol. The molecular formula is C20H25FN2O. The van der Waals surface area contributed by atoms with Crippen LogP contribution in [-0.4, -0.2) is 16.5 Å². The van der Waals surface area contributed by atoms with Crippen LogP contribution in [0.3, 0.4) is 0 Å². The van der Waals surface area contributed by atoms with Gasteiger partial charge in [0.1, 0.15) is 11.5 Å². The number of benzene rings is 1. The number of halogens is 1. The first kappa shape index (κ1) is 16.7. The second-order valence-corrected chi connectivity index (χ2v) is 6.95. The van der Waals surface area contributed by atoms with Crippen LogP contribution in [0.15, 0.2) is 24.3 Å². The molecule has 0 aliphatic heterocycles. The molecule has 1 aliphatic carbocycles. The van der Waals surface area contributed by atoms with Gasteiger partial charge in [0.05, 0.1) is 0 Å². The predicted octanol–water partition coefficient (Wildman–Crippen LogP) is 4.00. The molecule has 1 heterocycles. The highest BCUT2D eigenvalue weighted by Crippen LogP contribution is 2.30. The van der Waals surface area contributed by atoms with Crippen LogP contribution in [0.25, 0.3) is 0 Å². The number of aromatic nitrogens is 1. The van der Waals surface area contributed by atoms with Crippen LogP contribution < -0.4 is 5.32 Å². The Morgan fingerprint density at radius 2 is 2.04 bits per heavy atom. The minimum Gasteiger partial charge on any atom is -0.349 e. The molecule has 2 aromatic rings. The van der Waals surface area contributed by atoms with E-state index in [2.05, 4.69) is 9.88 Å². The Balaban J connectivity index is 2.06. The zero-order chi connectivity index (χ0) is 17.3. The maximum Gasteiger partial charge on any atom is 0.268 e. The zero-order valence-corrected chi connectivity index (χ0v) is 14.7. The molecule has 0 fully saturated rings. The molecule has 24 heavy (non-hydrogen) atoms. The lowest BCUT2D eigenvalue weighted by molar-refractivity contribution is 0.0933. The quantitative estimate of drug-likeness (QED) is 0.904. The van der Waals surface area contributed by atoms with Crippen molar-refractivity contribution >= 4 is 5.91 Å². The largest absolute Gasteiger partial charge is 0.349 e.